The SMILES string of the molecule is CCC(C(=O)N1CCN(C2=Nc3ccccc3Oc3ccccc32)CC1)c1ccccc1. The first kappa shape index (κ1) is 20.3. The van der Waals surface area contributed by atoms with Crippen LogP contribution in [-0.4, -0.2) is 47.7 Å². The highest BCUT2D eigenvalue weighted by molar-refractivity contribution is 6.03. The molecule has 32 heavy (non-hydrogen) atoms. The second-order valence-corrected chi connectivity index (χ2v) is 8.19. The van der Waals surface area contributed by atoms with Gasteiger partial charge in [0.15, 0.2) is 5.75 Å². The molecule has 2 aliphatic rings. The number of amidine groups is 1. The minimum atomic E-state index is -0.0843. The third-order valence-electron chi connectivity index (χ3n) is 6.24. The number of carbonyl (C=O) groups is 1. The molecule has 0 N–H and O–H groups in total. The molecule has 3 aromatic rings. The Morgan fingerprint density at radius 3 is 2.28 bits per heavy atom. The number of nitrogens with zero attached hydrogens (tertiary/aromatic N) is 3. The fourth-order valence-corrected chi connectivity index (χ4v) is 4.51. The molecule has 5 rings (SSSR count). The number of aliphatic imine (C=N–C) groups is 1. The van der Waals surface area contributed by atoms with Gasteiger partial charge in [-0.25, -0.2) is 4.99 Å². The quantitative estimate of drug-likeness (QED) is 0.579. The predicted octanol–water partition coefficient (Wildman–Crippen LogP) is 5.21. The standard InChI is InChI=1S/C27H27N3O2/c1-2-21(20-10-4-3-5-11-20)27(31)30-18-16-29(17-19-30)26-22-12-6-8-14-24(22)32-25-15-9-7-13-23(25)28-26/h3-15,21H,2,16-19H2,1H3. The van der Waals surface area contributed by atoms with Crippen molar-refractivity contribution >= 4 is 17.4 Å². The van der Waals surface area contributed by atoms with Crippen molar-refractivity contribution < 1.29 is 9.53 Å². The Morgan fingerprint density at radius 2 is 1.53 bits per heavy atom. The summed E-state index contributed by atoms with van der Waals surface area (Å²) in [7, 11) is 0. The fraction of sp³-hybridized carbons (Fsp3) is 0.259. The van der Waals surface area contributed by atoms with Crippen molar-refractivity contribution in [3.8, 4) is 11.5 Å². The van der Waals surface area contributed by atoms with E-state index in [1.54, 1.807) is 0 Å². The van der Waals surface area contributed by atoms with Gasteiger partial charge in [0.1, 0.15) is 17.3 Å². The summed E-state index contributed by atoms with van der Waals surface area (Å²) in [5.41, 5.74) is 2.91. The molecule has 1 amide bonds. The van der Waals surface area contributed by atoms with Crippen LogP contribution < -0.4 is 4.74 Å². The van der Waals surface area contributed by atoms with E-state index in [1.165, 1.54) is 0 Å². The Hall–Kier alpha value is -3.60. The zero-order valence-corrected chi connectivity index (χ0v) is 18.3. The number of ether oxygens (including phenoxy) is 1. The summed E-state index contributed by atoms with van der Waals surface area (Å²) in [4.78, 5) is 22.6. The molecule has 0 saturated carbocycles. The Balaban J connectivity index is 1.37. The average Bonchev–Trinajstić information content (AvgIpc) is 3.02. The van der Waals surface area contributed by atoms with Crippen LogP contribution in [0.2, 0.25) is 0 Å². The first-order valence-electron chi connectivity index (χ1n) is 11.3. The van der Waals surface area contributed by atoms with Crippen LogP contribution in [0.1, 0.15) is 30.4 Å². The van der Waals surface area contributed by atoms with E-state index in [4.69, 9.17) is 9.73 Å². The van der Waals surface area contributed by atoms with Crippen molar-refractivity contribution in [1.82, 2.24) is 9.80 Å². The Morgan fingerprint density at radius 1 is 0.875 bits per heavy atom. The predicted molar refractivity (Wildman–Crippen MR) is 127 cm³/mol. The number of benzene rings is 3. The molecule has 5 heteroatoms. The first-order valence-corrected chi connectivity index (χ1v) is 11.3. The zero-order valence-electron chi connectivity index (χ0n) is 18.3. The van der Waals surface area contributed by atoms with Gasteiger partial charge >= 0.3 is 0 Å². The third-order valence-corrected chi connectivity index (χ3v) is 6.24. The maximum absolute atomic E-state index is 13.3. The summed E-state index contributed by atoms with van der Waals surface area (Å²) in [5, 5.41) is 0. The topological polar surface area (TPSA) is 45.1 Å². The van der Waals surface area contributed by atoms with Crippen LogP contribution in [0.3, 0.4) is 0 Å². The first-order chi connectivity index (χ1) is 15.7. The van der Waals surface area contributed by atoms with Crippen LogP contribution >= 0.6 is 0 Å². The molecule has 5 nitrogen and oxygen atoms in total. The molecule has 1 fully saturated rings. The minimum Gasteiger partial charge on any atom is -0.454 e. The molecule has 2 heterocycles. The number of fused-ring (bicyclic) bond motifs is 2. The van der Waals surface area contributed by atoms with E-state index >= 15 is 0 Å². The molecule has 1 unspecified atom stereocenters. The molecule has 3 aromatic carbocycles. The number of rotatable bonds is 3. The lowest BCUT2D eigenvalue weighted by Crippen LogP contribution is -2.51. The van der Waals surface area contributed by atoms with Gasteiger partial charge in [0.05, 0.1) is 11.5 Å². The number of hydrogen-bond acceptors (Lipinski definition) is 4. The average molecular weight is 426 g/mol. The van der Waals surface area contributed by atoms with Crippen LogP contribution in [-0.2, 0) is 4.79 Å². The zero-order chi connectivity index (χ0) is 21.9. The molecule has 0 radical (unpaired) electrons. The van der Waals surface area contributed by atoms with Gasteiger partial charge in [-0.3, -0.25) is 4.79 Å². The van der Waals surface area contributed by atoms with Crippen LogP contribution in [0, 0.1) is 0 Å². The molecule has 0 bridgehead atoms. The van der Waals surface area contributed by atoms with Gasteiger partial charge in [-0.2, -0.15) is 0 Å². The third kappa shape index (κ3) is 3.86. The van der Waals surface area contributed by atoms with Gasteiger partial charge in [-0.15, -0.1) is 0 Å². The largest absolute Gasteiger partial charge is 0.454 e. The number of para-hydroxylation sites is 3. The van der Waals surface area contributed by atoms with Crippen molar-refractivity contribution in [2.24, 2.45) is 4.99 Å². The molecule has 0 aromatic heterocycles. The molecule has 2 aliphatic heterocycles. The molecule has 0 aliphatic carbocycles. The van der Waals surface area contributed by atoms with Crippen molar-refractivity contribution in [2.75, 3.05) is 26.2 Å². The Labute approximate surface area is 189 Å². The molecule has 1 atom stereocenters. The van der Waals surface area contributed by atoms with Gasteiger partial charge < -0.3 is 14.5 Å². The molecular weight excluding hydrogens is 398 g/mol. The van der Waals surface area contributed by atoms with Crippen molar-refractivity contribution in [1.29, 1.82) is 0 Å². The van der Waals surface area contributed by atoms with E-state index in [2.05, 4.69) is 30.0 Å². The highest BCUT2D eigenvalue weighted by atomic mass is 16.5. The van der Waals surface area contributed by atoms with Gasteiger partial charge in [0.25, 0.3) is 0 Å². The van der Waals surface area contributed by atoms with E-state index in [9.17, 15) is 4.79 Å². The Kier molecular flexibility index (Phi) is 5.63. The lowest BCUT2D eigenvalue weighted by Gasteiger charge is -2.38. The lowest BCUT2D eigenvalue weighted by atomic mass is 9.94. The second kappa shape index (κ2) is 8.87. The van der Waals surface area contributed by atoms with Crippen molar-refractivity contribution in [3.05, 3.63) is 90.0 Å². The second-order valence-electron chi connectivity index (χ2n) is 8.19. The number of hydrogen-bond donors (Lipinski definition) is 0. The summed E-state index contributed by atoms with van der Waals surface area (Å²) in [6, 6.07) is 26.0. The van der Waals surface area contributed by atoms with Gasteiger partial charge in [-0.1, -0.05) is 61.5 Å². The van der Waals surface area contributed by atoms with Gasteiger partial charge in [0.2, 0.25) is 5.91 Å². The van der Waals surface area contributed by atoms with Crippen LogP contribution in [0.15, 0.2) is 83.9 Å². The highest BCUT2D eigenvalue weighted by Crippen LogP contribution is 2.38. The van der Waals surface area contributed by atoms with Gasteiger partial charge in [-0.05, 0) is 36.2 Å². The summed E-state index contributed by atoms with van der Waals surface area (Å²) >= 11 is 0. The molecule has 0 spiro atoms. The number of piperazine rings is 1. The van der Waals surface area contributed by atoms with E-state index in [1.807, 2.05) is 65.6 Å². The normalized spacial score (nSPS) is 16.2. The highest BCUT2D eigenvalue weighted by Gasteiger charge is 2.30. The molecule has 1 saturated heterocycles. The van der Waals surface area contributed by atoms with E-state index in [-0.39, 0.29) is 11.8 Å². The number of amides is 1. The summed E-state index contributed by atoms with van der Waals surface area (Å²) in [5.74, 6) is 2.62. The maximum Gasteiger partial charge on any atom is 0.230 e. The Bertz CT molecular complexity index is 1130. The summed E-state index contributed by atoms with van der Waals surface area (Å²) in [6.07, 6.45) is 0.803. The number of carbonyl (C=O) groups excluding carboxylic acids is 1. The molecular formula is C27H27N3O2. The van der Waals surface area contributed by atoms with E-state index < -0.39 is 0 Å². The summed E-state index contributed by atoms with van der Waals surface area (Å²) < 4.78 is 6.17. The fourth-order valence-electron chi connectivity index (χ4n) is 4.51. The van der Waals surface area contributed by atoms with Crippen LogP contribution in [0.25, 0.3) is 0 Å². The van der Waals surface area contributed by atoms with Crippen LogP contribution in [0.5, 0.6) is 11.5 Å². The monoisotopic (exact) mass is 425 g/mol. The van der Waals surface area contributed by atoms with E-state index in [0.717, 1.165) is 53.7 Å². The van der Waals surface area contributed by atoms with Crippen LogP contribution in [0.4, 0.5) is 5.69 Å². The van der Waals surface area contributed by atoms with Crippen molar-refractivity contribution in [3.63, 3.8) is 0 Å². The van der Waals surface area contributed by atoms with E-state index in [0.29, 0.717) is 13.1 Å². The molecule has 162 valence electrons. The summed E-state index contributed by atoms with van der Waals surface area (Å²) in [6.45, 7) is 4.94. The smallest absolute Gasteiger partial charge is 0.230 e. The maximum atomic E-state index is 13.3. The van der Waals surface area contributed by atoms with Gasteiger partial charge in [0, 0.05) is 26.2 Å². The van der Waals surface area contributed by atoms with Crippen molar-refractivity contribution in [2.45, 2.75) is 19.3 Å². The minimum absolute atomic E-state index is 0.0843. The lowest BCUT2D eigenvalue weighted by molar-refractivity contribution is -0.134.